The van der Waals surface area contributed by atoms with Gasteiger partial charge in [0.05, 0.1) is 5.92 Å². The Bertz CT molecular complexity index is 392. The molecule has 0 bridgehead atoms. The van der Waals surface area contributed by atoms with Crippen molar-refractivity contribution in [1.29, 1.82) is 0 Å². The first kappa shape index (κ1) is 9.57. The fourth-order valence-corrected chi connectivity index (χ4v) is 1.56. The summed E-state index contributed by atoms with van der Waals surface area (Å²) >= 11 is 0. The lowest BCUT2D eigenvalue weighted by Crippen LogP contribution is -2.28. The maximum Gasteiger partial charge on any atom is 0.229 e. The van der Waals surface area contributed by atoms with Crippen LogP contribution < -0.4 is 10.6 Å². The van der Waals surface area contributed by atoms with Crippen molar-refractivity contribution in [3.8, 4) is 0 Å². The number of hydrogen-bond acceptors (Lipinski definition) is 4. The Hall–Kier alpha value is -1.98. The molecule has 2 amide bonds. The van der Waals surface area contributed by atoms with E-state index in [1.807, 2.05) is 0 Å². The molecule has 2 heterocycles. The molecule has 0 aromatic carbocycles. The largest absolute Gasteiger partial charge is 0.369 e. The number of amides is 2. The molecule has 1 aliphatic heterocycles. The lowest BCUT2D eigenvalue weighted by molar-refractivity contribution is -0.123. The number of carbonyl (C=O) groups is 2. The van der Waals surface area contributed by atoms with Crippen LogP contribution in [0.5, 0.6) is 0 Å². The molecule has 1 aliphatic rings. The van der Waals surface area contributed by atoms with Gasteiger partial charge in [-0.1, -0.05) is 0 Å². The van der Waals surface area contributed by atoms with Crippen molar-refractivity contribution in [3.05, 3.63) is 18.6 Å². The fourth-order valence-electron chi connectivity index (χ4n) is 1.56. The smallest absolute Gasteiger partial charge is 0.229 e. The van der Waals surface area contributed by atoms with Crippen LogP contribution in [0.15, 0.2) is 18.6 Å². The molecule has 1 atom stereocenters. The lowest BCUT2D eigenvalue weighted by Gasteiger charge is -2.13. The summed E-state index contributed by atoms with van der Waals surface area (Å²) in [5.74, 6) is -0.469. The average molecular weight is 206 g/mol. The third-order valence-corrected chi connectivity index (χ3v) is 2.37. The molecule has 6 nitrogen and oxygen atoms in total. The van der Waals surface area contributed by atoms with Gasteiger partial charge in [0.15, 0.2) is 0 Å². The van der Waals surface area contributed by atoms with Crippen molar-refractivity contribution in [1.82, 2.24) is 9.97 Å². The average Bonchev–Trinajstić information content (AvgIpc) is 2.62. The highest BCUT2D eigenvalue weighted by molar-refractivity contribution is 5.99. The highest BCUT2D eigenvalue weighted by Crippen LogP contribution is 2.22. The molecule has 6 heteroatoms. The van der Waals surface area contributed by atoms with E-state index in [1.54, 1.807) is 12.3 Å². The molecule has 0 spiro atoms. The van der Waals surface area contributed by atoms with E-state index < -0.39 is 11.8 Å². The van der Waals surface area contributed by atoms with E-state index in [0.29, 0.717) is 12.4 Å². The van der Waals surface area contributed by atoms with Gasteiger partial charge in [0, 0.05) is 19.2 Å². The van der Waals surface area contributed by atoms with E-state index in [4.69, 9.17) is 5.73 Å². The van der Waals surface area contributed by atoms with Gasteiger partial charge in [0.2, 0.25) is 11.8 Å². The van der Waals surface area contributed by atoms with Gasteiger partial charge in [-0.15, -0.1) is 0 Å². The first-order valence-corrected chi connectivity index (χ1v) is 4.54. The zero-order chi connectivity index (χ0) is 10.8. The second-order valence-electron chi connectivity index (χ2n) is 3.38. The topological polar surface area (TPSA) is 89.2 Å². The maximum atomic E-state index is 11.5. The van der Waals surface area contributed by atoms with Crippen molar-refractivity contribution < 1.29 is 9.59 Å². The Kier molecular flexibility index (Phi) is 2.32. The standard InChI is InChI=1S/C9H10N4O2/c10-9(15)6-3-8(14)13(4-6)7-1-2-11-5-12-7/h1-2,5-6H,3-4H2,(H2,10,15). The summed E-state index contributed by atoms with van der Waals surface area (Å²) in [6, 6.07) is 1.63. The first-order chi connectivity index (χ1) is 7.18. The van der Waals surface area contributed by atoms with Gasteiger partial charge in [-0.25, -0.2) is 9.97 Å². The van der Waals surface area contributed by atoms with Gasteiger partial charge in [0.1, 0.15) is 12.1 Å². The van der Waals surface area contributed by atoms with E-state index in [1.165, 1.54) is 11.2 Å². The Morgan fingerprint density at radius 3 is 2.93 bits per heavy atom. The van der Waals surface area contributed by atoms with Gasteiger partial charge in [-0.3, -0.25) is 14.5 Å². The number of rotatable bonds is 2. The fraction of sp³-hybridized carbons (Fsp3) is 0.333. The minimum Gasteiger partial charge on any atom is -0.369 e. The van der Waals surface area contributed by atoms with Crippen LogP contribution in [0, 0.1) is 5.92 Å². The van der Waals surface area contributed by atoms with E-state index in [0.717, 1.165) is 0 Å². The molecule has 2 N–H and O–H groups in total. The summed E-state index contributed by atoms with van der Waals surface area (Å²) in [5.41, 5.74) is 5.15. The number of primary amides is 1. The molecule has 0 saturated carbocycles. The van der Waals surface area contributed by atoms with Crippen LogP contribution >= 0.6 is 0 Å². The quantitative estimate of drug-likeness (QED) is 0.693. The summed E-state index contributed by atoms with van der Waals surface area (Å²) in [7, 11) is 0. The number of nitrogens with two attached hydrogens (primary N) is 1. The number of nitrogens with zero attached hydrogens (tertiary/aromatic N) is 3. The van der Waals surface area contributed by atoms with Crippen LogP contribution in [0.4, 0.5) is 5.82 Å². The Morgan fingerprint density at radius 2 is 2.40 bits per heavy atom. The van der Waals surface area contributed by atoms with Crippen molar-refractivity contribution in [3.63, 3.8) is 0 Å². The van der Waals surface area contributed by atoms with E-state index >= 15 is 0 Å². The SMILES string of the molecule is NC(=O)C1CC(=O)N(c2ccncn2)C1. The molecule has 1 unspecified atom stereocenters. The van der Waals surface area contributed by atoms with Gasteiger partial charge >= 0.3 is 0 Å². The monoisotopic (exact) mass is 206 g/mol. The predicted octanol–water partition coefficient (Wildman–Crippen LogP) is -0.685. The third-order valence-electron chi connectivity index (χ3n) is 2.37. The van der Waals surface area contributed by atoms with Crippen molar-refractivity contribution in [2.45, 2.75) is 6.42 Å². The normalized spacial score (nSPS) is 20.7. The third kappa shape index (κ3) is 1.78. The second kappa shape index (κ2) is 3.64. The van der Waals surface area contributed by atoms with Gasteiger partial charge < -0.3 is 5.73 Å². The molecular formula is C9H10N4O2. The Morgan fingerprint density at radius 1 is 1.60 bits per heavy atom. The van der Waals surface area contributed by atoms with Crippen molar-refractivity contribution in [2.24, 2.45) is 11.7 Å². The van der Waals surface area contributed by atoms with Gasteiger partial charge in [0.25, 0.3) is 0 Å². The summed E-state index contributed by atoms with van der Waals surface area (Å²) in [6.07, 6.45) is 3.08. The number of hydrogen-bond donors (Lipinski definition) is 1. The summed E-state index contributed by atoms with van der Waals surface area (Å²) in [4.78, 5) is 31.6. The van der Waals surface area contributed by atoms with Gasteiger partial charge in [-0.05, 0) is 6.07 Å². The number of anilines is 1. The van der Waals surface area contributed by atoms with Crippen LogP contribution in [0.25, 0.3) is 0 Å². The summed E-state index contributed by atoms with van der Waals surface area (Å²) < 4.78 is 0. The molecule has 0 aliphatic carbocycles. The van der Waals surface area contributed by atoms with Crippen LogP contribution in [0.1, 0.15) is 6.42 Å². The minimum atomic E-state index is -0.445. The molecule has 15 heavy (non-hydrogen) atoms. The highest BCUT2D eigenvalue weighted by atomic mass is 16.2. The van der Waals surface area contributed by atoms with Crippen LogP contribution in [0.3, 0.4) is 0 Å². The zero-order valence-electron chi connectivity index (χ0n) is 7.96. The van der Waals surface area contributed by atoms with E-state index in [-0.39, 0.29) is 12.3 Å². The Labute approximate surface area is 86.1 Å². The molecule has 78 valence electrons. The van der Waals surface area contributed by atoms with E-state index in [2.05, 4.69) is 9.97 Å². The molecule has 1 fully saturated rings. The highest BCUT2D eigenvalue weighted by Gasteiger charge is 2.34. The molecule has 0 radical (unpaired) electrons. The van der Waals surface area contributed by atoms with Crippen molar-refractivity contribution in [2.75, 3.05) is 11.4 Å². The van der Waals surface area contributed by atoms with E-state index in [9.17, 15) is 9.59 Å². The molecule has 1 saturated heterocycles. The Balaban J connectivity index is 2.19. The second-order valence-corrected chi connectivity index (χ2v) is 3.38. The van der Waals surface area contributed by atoms with Crippen LogP contribution in [-0.4, -0.2) is 28.3 Å². The molecule has 1 aromatic rings. The van der Waals surface area contributed by atoms with Gasteiger partial charge in [-0.2, -0.15) is 0 Å². The molecule has 2 rings (SSSR count). The summed E-state index contributed by atoms with van der Waals surface area (Å²) in [5, 5.41) is 0. The molecule has 1 aromatic heterocycles. The van der Waals surface area contributed by atoms with Crippen LogP contribution in [-0.2, 0) is 9.59 Å². The molecular weight excluding hydrogens is 196 g/mol. The van der Waals surface area contributed by atoms with Crippen LogP contribution in [0.2, 0.25) is 0 Å². The number of carbonyl (C=O) groups excluding carboxylic acids is 2. The lowest BCUT2D eigenvalue weighted by atomic mass is 10.1. The van der Waals surface area contributed by atoms with Crippen molar-refractivity contribution >= 4 is 17.6 Å². The minimum absolute atomic E-state index is 0.127. The predicted molar refractivity (Wildman–Crippen MR) is 51.7 cm³/mol. The first-order valence-electron chi connectivity index (χ1n) is 4.54. The number of aromatic nitrogens is 2. The maximum absolute atomic E-state index is 11.5. The zero-order valence-corrected chi connectivity index (χ0v) is 7.96. The summed E-state index contributed by atoms with van der Waals surface area (Å²) in [6.45, 7) is 0.311.